The quantitative estimate of drug-likeness (QED) is 0.752. The molecule has 1 aliphatic rings. The van der Waals surface area contributed by atoms with Gasteiger partial charge in [-0.25, -0.2) is 17.8 Å². The van der Waals surface area contributed by atoms with E-state index in [0.29, 0.717) is 12.5 Å². The fraction of sp³-hybridized carbons (Fsp3) is 0.636. The zero-order valence-corrected chi connectivity index (χ0v) is 12.7. The first-order chi connectivity index (χ1) is 9.43. The number of halogens is 1. The maximum Gasteiger partial charge on any atom is 0.291 e. The molecule has 0 amide bonds. The van der Waals surface area contributed by atoms with E-state index in [2.05, 4.69) is 15.1 Å². The van der Waals surface area contributed by atoms with Gasteiger partial charge in [-0.1, -0.05) is 11.6 Å². The molecule has 1 aliphatic carbocycles. The minimum Gasteiger partial charge on any atom is -0.378 e. The van der Waals surface area contributed by atoms with Crippen LogP contribution in [0.2, 0.25) is 5.02 Å². The van der Waals surface area contributed by atoms with Gasteiger partial charge in [0.25, 0.3) is 5.56 Å². The molecule has 0 aliphatic heterocycles. The number of rotatable bonds is 7. The van der Waals surface area contributed by atoms with Crippen LogP contribution in [0.1, 0.15) is 12.8 Å². The first-order valence-corrected chi connectivity index (χ1v) is 8.36. The zero-order valence-electron chi connectivity index (χ0n) is 11.1. The third kappa shape index (κ3) is 3.94. The maximum atomic E-state index is 12.2. The van der Waals surface area contributed by atoms with Crippen LogP contribution < -0.4 is 15.6 Å². The molecule has 0 spiro atoms. The Morgan fingerprint density at radius 3 is 2.80 bits per heavy atom. The summed E-state index contributed by atoms with van der Waals surface area (Å²) in [6.45, 7) is 0.686. The fourth-order valence-corrected chi connectivity index (χ4v) is 2.48. The summed E-state index contributed by atoms with van der Waals surface area (Å²) in [5.41, 5.74) is -0.111. The van der Waals surface area contributed by atoms with Gasteiger partial charge in [0.05, 0.1) is 17.0 Å². The van der Waals surface area contributed by atoms with E-state index in [0.717, 1.165) is 12.8 Å². The monoisotopic (exact) mass is 320 g/mol. The molecular formula is C11H17ClN4O3S. The minimum atomic E-state index is -3.31. The van der Waals surface area contributed by atoms with Crippen molar-refractivity contribution in [1.82, 2.24) is 14.5 Å². The van der Waals surface area contributed by atoms with Gasteiger partial charge in [0.2, 0.25) is 10.0 Å². The maximum absolute atomic E-state index is 12.2. The summed E-state index contributed by atoms with van der Waals surface area (Å²) < 4.78 is 26.2. The average molecular weight is 321 g/mol. The van der Waals surface area contributed by atoms with Gasteiger partial charge in [0, 0.05) is 13.1 Å². The highest BCUT2D eigenvalue weighted by atomic mass is 35.5. The number of nitrogens with zero attached hydrogens (tertiary/aromatic N) is 2. The van der Waals surface area contributed by atoms with Gasteiger partial charge in [0.15, 0.2) is 0 Å². The van der Waals surface area contributed by atoms with Crippen molar-refractivity contribution in [3.63, 3.8) is 0 Å². The predicted octanol–water partition coefficient (Wildman–Crippen LogP) is 0.268. The molecular weight excluding hydrogens is 304 g/mol. The Balaban J connectivity index is 2.08. The molecule has 1 aromatic heterocycles. The van der Waals surface area contributed by atoms with E-state index >= 15 is 0 Å². The summed E-state index contributed by atoms with van der Waals surface area (Å²) in [7, 11) is -1.97. The van der Waals surface area contributed by atoms with Crippen molar-refractivity contribution in [2.45, 2.75) is 19.4 Å². The lowest BCUT2D eigenvalue weighted by molar-refractivity contribution is 0.534. The van der Waals surface area contributed by atoms with E-state index in [1.807, 2.05) is 0 Å². The molecule has 0 bridgehead atoms. The molecule has 0 saturated heterocycles. The van der Waals surface area contributed by atoms with Crippen molar-refractivity contribution >= 4 is 27.3 Å². The first-order valence-electron chi connectivity index (χ1n) is 6.33. The fourth-order valence-electron chi connectivity index (χ4n) is 1.72. The van der Waals surface area contributed by atoms with Crippen LogP contribution in [-0.2, 0) is 16.6 Å². The van der Waals surface area contributed by atoms with Gasteiger partial charge in [-0.2, -0.15) is 5.10 Å². The van der Waals surface area contributed by atoms with Crippen molar-refractivity contribution in [1.29, 1.82) is 0 Å². The van der Waals surface area contributed by atoms with Crippen LogP contribution in [0.3, 0.4) is 0 Å². The number of sulfonamides is 1. The summed E-state index contributed by atoms with van der Waals surface area (Å²) in [6, 6.07) is 0. The molecule has 1 heterocycles. The van der Waals surface area contributed by atoms with E-state index in [1.54, 1.807) is 0 Å². The average Bonchev–Trinajstić information content (AvgIpc) is 3.21. The lowest BCUT2D eigenvalue weighted by atomic mass is 10.4. The number of nitrogens with one attached hydrogen (secondary N) is 2. The van der Waals surface area contributed by atoms with E-state index < -0.39 is 10.0 Å². The van der Waals surface area contributed by atoms with Gasteiger partial charge in [-0.3, -0.25) is 4.79 Å². The highest BCUT2D eigenvalue weighted by Crippen LogP contribution is 2.30. The second kappa shape index (κ2) is 6.11. The second-order valence-corrected chi connectivity index (χ2v) is 7.20. The third-order valence-electron chi connectivity index (χ3n) is 3.11. The highest BCUT2D eigenvalue weighted by Gasteiger charge is 2.23. The van der Waals surface area contributed by atoms with Gasteiger partial charge in [-0.15, -0.1) is 0 Å². The van der Waals surface area contributed by atoms with Crippen LogP contribution in [0, 0.1) is 5.92 Å². The lowest BCUT2D eigenvalue weighted by Crippen LogP contribution is -2.30. The van der Waals surface area contributed by atoms with Crippen LogP contribution in [-0.4, -0.2) is 37.5 Å². The third-order valence-corrected chi connectivity index (χ3v) is 4.76. The normalized spacial score (nSPS) is 15.3. The molecule has 2 rings (SSSR count). The summed E-state index contributed by atoms with van der Waals surface area (Å²) in [4.78, 5) is 12.2. The number of aromatic nitrogens is 2. The molecule has 0 atom stereocenters. The van der Waals surface area contributed by atoms with Crippen LogP contribution in [0.5, 0.6) is 0 Å². The van der Waals surface area contributed by atoms with Crippen LogP contribution >= 0.6 is 11.6 Å². The molecule has 1 fully saturated rings. The van der Waals surface area contributed by atoms with Gasteiger partial charge in [0.1, 0.15) is 5.69 Å². The summed E-state index contributed by atoms with van der Waals surface area (Å²) in [6.07, 6.45) is 3.63. The molecule has 0 aromatic carbocycles. The van der Waals surface area contributed by atoms with Crippen molar-refractivity contribution in [2.24, 2.45) is 5.92 Å². The van der Waals surface area contributed by atoms with Crippen molar-refractivity contribution < 1.29 is 8.42 Å². The van der Waals surface area contributed by atoms with Crippen molar-refractivity contribution in [3.05, 3.63) is 21.6 Å². The van der Waals surface area contributed by atoms with Crippen LogP contribution in [0.4, 0.5) is 5.69 Å². The molecule has 1 saturated carbocycles. The zero-order chi connectivity index (χ0) is 14.8. The number of hydrogen-bond donors (Lipinski definition) is 2. The smallest absolute Gasteiger partial charge is 0.291 e. The Labute approximate surface area is 122 Å². The van der Waals surface area contributed by atoms with E-state index in [1.165, 1.54) is 17.9 Å². The highest BCUT2D eigenvalue weighted by molar-refractivity contribution is 7.89. The molecule has 1 aromatic rings. The van der Waals surface area contributed by atoms with Crippen molar-refractivity contribution in [3.8, 4) is 0 Å². The Kier molecular flexibility index (Phi) is 4.66. The van der Waals surface area contributed by atoms with E-state index in [9.17, 15) is 13.2 Å². The molecule has 0 unspecified atom stereocenters. The van der Waals surface area contributed by atoms with Crippen molar-refractivity contribution in [2.75, 3.05) is 24.7 Å². The van der Waals surface area contributed by atoms with Gasteiger partial charge < -0.3 is 5.32 Å². The largest absolute Gasteiger partial charge is 0.378 e. The molecule has 7 nitrogen and oxygen atoms in total. The Morgan fingerprint density at radius 1 is 1.50 bits per heavy atom. The minimum absolute atomic E-state index is 0.103. The van der Waals surface area contributed by atoms with Gasteiger partial charge in [-0.05, 0) is 25.8 Å². The second-order valence-electron chi connectivity index (χ2n) is 4.75. The molecule has 2 N–H and O–H groups in total. The summed E-state index contributed by atoms with van der Waals surface area (Å²) in [5.74, 6) is 0.378. The Hall–Kier alpha value is -1.12. The molecule has 112 valence electrons. The predicted molar refractivity (Wildman–Crippen MR) is 77.6 cm³/mol. The standard InChI is InChI=1S/C11H17ClN4O3S/c1-13-20(18,19)5-4-14-10-9(12)6-15-16(11(10)17)7-8-2-3-8/h6,8,13-14H,2-5,7H2,1H3. The topological polar surface area (TPSA) is 93.1 Å². The van der Waals surface area contributed by atoms with Gasteiger partial charge >= 0.3 is 0 Å². The molecule has 0 radical (unpaired) electrons. The lowest BCUT2D eigenvalue weighted by Gasteiger charge is -2.10. The summed E-state index contributed by atoms with van der Waals surface area (Å²) >= 11 is 5.93. The van der Waals surface area contributed by atoms with E-state index in [-0.39, 0.29) is 28.6 Å². The number of anilines is 1. The summed E-state index contributed by atoms with van der Waals surface area (Å²) in [5, 5.41) is 6.97. The first kappa shape index (κ1) is 15.3. The molecule has 20 heavy (non-hydrogen) atoms. The van der Waals surface area contributed by atoms with E-state index in [4.69, 9.17) is 11.6 Å². The Morgan fingerprint density at radius 2 is 2.20 bits per heavy atom. The SMILES string of the molecule is CNS(=O)(=O)CCNc1c(Cl)cnn(CC2CC2)c1=O. The number of hydrogen-bond acceptors (Lipinski definition) is 5. The molecule has 9 heteroatoms. The van der Waals surface area contributed by atoms with Crippen LogP contribution in [0.15, 0.2) is 11.0 Å². The Bertz CT molecular complexity index is 640. The van der Waals surface area contributed by atoms with Crippen LogP contribution in [0.25, 0.3) is 0 Å².